The minimum atomic E-state index is 1.02. The first-order valence-electron chi connectivity index (χ1n) is 4.22. The maximum absolute atomic E-state index is 4.46. The third-order valence-electron chi connectivity index (χ3n) is 2.43. The van der Waals surface area contributed by atoms with E-state index in [2.05, 4.69) is 39.2 Å². The van der Waals surface area contributed by atoms with Crippen LogP contribution in [0.5, 0.6) is 0 Å². The van der Waals surface area contributed by atoms with Crippen molar-refractivity contribution in [1.29, 1.82) is 0 Å². The molecule has 0 aliphatic carbocycles. The van der Waals surface area contributed by atoms with Gasteiger partial charge in [0.15, 0.2) is 0 Å². The van der Waals surface area contributed by atoms with Crippen LogP contribution < -0.4 is 0 Å². The van der Waals surface area contributed by atoms with Gasteiger partial charge in [-0.15, -0.1) is 0 Å². The van der Waals surface area contributed by atoms with Gasteiger partial charge in [0, 0.05) is 15.9 Å². The van der Waals surface area contributed by atoms with E-state index in [1.807, 2.05) is 19.1 Å². The summed E-state index contributed by atoms with van der Waals surface area (Å²) in [4.78, 5) is 4.46. The van der Waals surface area contributed by atoms with Gasteiger partial charge in [0.1, 0.15) is 5.65 Å². The van der Waals surface area contributed by atoms with Crippen LogP contribution in [-0.4, -0.2) is 9.38 Å². The van der Waals surface area contributed by atoms with Gasteiger partial charge < -0.3 is 4.40 Å². The Labute approximate surface area is 85.7 Å². The number of imidazole rings is 1. The highest BCUT2D eigenvalue weighted by Crippen LogP contribution is 2.20. The van der Waals surface area contributed by atoms with Gasteiger partial charge in [-0.3, -0.25) is 0 Å². The minimum absolute atomic E-state index is 1.02. The Kier molecular flexibility index (Phi) is 1.91. The largest absolute Gasteiger partial charge is 0.300 e. The van der Waals surface area contributed by atoms with E-state index in [0.717, 1.165) is 15.8 Å². The van der Waals surface area contributed by atoms with E-state index in [1.165, 1.54) is 11.4 Å². The molecule has 0 N–H and O–H groups in total. The fourth-order valence-corrected chi connectivity index (χ4v) is 1.86. The van der Waals surface area contributed by atoms with E-state index < -0.39 is 0 Å². The molecule has 0 saturated heterocycles. The Morgan fingerprint density at radius 1 is 1.15 bits per heavy atom. The van der Waals surface area contributed by atoms with Crippen LogP contribution in [0.3, 0.4) is 0 Å². The summed E-state index contributed by atoms with van der Waals surface area (Å²) in [6, 6.07) is 4.06. The van der Waals surface area contributed by atoms with Crippen molar-refractivity contribution in [2.75, 3.05) is 0 Å². The van der Waals surface area contributed by atoms with Gasteiger partial charge in [0.2, 0.25) is 0 Å². The lowest BCUT2D eigenvalue weighted by molar-refractivity contribution is 1.02. The number of rotatable bonds is 0. The summed E-state index contributed by atoms with van der Waals surface area (Å²) in [5.74, 6) is 0. The second-order valence-electron chi connectivity index (χ2n) is 3.24. The number of pyridine rings is 1. The molecule has 2 aromatic rings. The lowest BCUT2D eigenvalue weighted by Crippen LogP contribution is -1.94. The van der Waals surface area contributed by atoms with Crippen molar-refractivity contribution in [2.45, 2.75) is 20.8 Å². The number of fused-ring (bicyclic) bond motifs is 1. The van der Waals surface area contributed by atoms with Crippen molar-refractivity contribution in [2.24, 2.45) is 0 Å². The summed E-state index contributed by atoms with van der Waals surface area (Å²) in [6.07, 6.45) is 0. The predicted molar refractivity (Wildman–Crippen MR) is 57.1 cm³/mol. The van der Waals surface area contributed by atoms with Gasteiger partial charge in [0.25, 0.3) is 0 Å². The summed E-state index contributed by atoms with van der Waals surface area (Å²) in [6.45, 7) is 6.22. The third-order valence-corrected chi connectivity index (χ3v) is 3.27. The smallest absolute Gasteiger partial charge is 0.137 e. The zero-order valence-corrected chi connectivity index (χ0v) is 9.51. The Balaban J connectivity index is 2.97. The molecule has 68 valence electrons. The van der Waals surface area contributed by atoms with Gasteiger partial charge in [0.05, 0.1) is 5.69 Å². The molecule has 2 heterocycles. The van der Waals surface area contributed by atoms with Crippen LogP contribution in [0.4, 0.5) is 0 Å². The van der Waals surface area contributed by atoms with Crippen molar-refractivity contribution < 1.29 is 0 Å². The first-order chi connectivity index (χ1) is 6.11. The lowest BCUT2D eigenvalue weighted by Gasteiger charge is -2.03. The van der Waals surface area contributed by atoms with Gasteiger partial charge in [-0.2, -0.15) is 0 Å². The topological polar surface area (TPSA) is 17.3 Å². The van der Waals surface area contributed by atoms with Crippen LogP contribution in [0.15, 0.2) is 16.6 Å². The average molecular weight is 239 g/mol. The van der Waals surface area contributed by atoms with Crippen molar-refractivity contribution >= 4 is 21.6 Å². The highest BCUT2D eigenvalue weighted by atomic mass is 79.9. The Hall–Kier alpha value is -0.830. The van der Waals surface area contributed by atoms with Crippen molar-refractivity contribution in [3.63, 3.8) is 0 Å². The lowest BCUT2D eigenvalue weighted by atomic mass is 10.3. The van der Waals surface area contributed by atoms with E-state index in [9.17, 15) is 0 Å². The molecule has 2 aromatic heterocycles. The van der Waals surface area contributed by atoms with E-state index in [0.29, 0.717) is 0 Å². The molecule has 0 atom stereocenters. The molecule has 2 rings (SSSR count). The van der Waals surface area contributed by atoms with Gasteiger partial charge in [-0.25, -0.2) is 4.98 Å². The molecule has 0 aliphatic rings. The second kappa shape index (κ2) is 2.84. The normalized spacial score (nSPS) is 11.1. The number of hydrogen-bond donors (Lipinski definition) is 0. The summed E-state index contributed by atoms with van der Waals surface area (Å²) in [7, 11) is 0. The van der Waals surface area contributed by atoms with E-state index in [1.54, 1.807) is 0 Å². The highest BCUT2D eigenvalue weighted by molar-refractivity contribution is 9.10. The first-order valence-corrected chi connectivity index (χ1v) is 5.01. The molecule has 0 fully saturated rings. The average Bonchev–Trinajstić information content (AvgIpc) is 2.37. The maximum Gasteiger partial charge on any atom is 0.137 e. The molecule has 0 spiro atoms. The number of aryl methyl sites for hydroxylation is 3. The van der Waals surface area contributed by atoms with E-state index in [-0.39, 0.29) is 0 Å². The van der Waals surface area contributed by atoms with Crippen LogP contribution >= 0.6 is 15.9 Å². The Morgan fingerprint density at radius 2 is 1.85 bits per heavy atom. The highest BCUT2D eigenvalue weighted by Gasteiger charge is 2.07. The molecule has 3 heteroatoms. The molecule has 0 radical (unpaired) electrons. The van der Waals surface area contributed by atoms with E-state index >= 15 is 0 Å². The SMILES string of the molecule is Cc1nc2ccc(Br)c(C)n2c1C. The Bertz CT molecular complexity index is 471. The van der Waals surface area contributed by atoms with E-state index in [4.69, 9.17) is 0 Å². The van der Waals surface area contributed by atoms with Crippen molar-refractivity contribution in [3.8, 4) is 0 Å². The van der Waals surface area contributed by atoms with Crippen molar-refractivity contribution in [1.82, 2.24) is 9.38 Å². The first kappa shape index (κ1) is 8.75. The fourth-order valence-electron chi connectivity index (χ4n) is 1.55. The van der Waals surface area contributed by atoms with Gasteiger partial charge in [-0.1, -0.05) is 0 Å². The van der Waals surface area contributed by atoms with Crippen LogP contribution in [-0.2, 0) is 0 Å². The van der Waals surface area contributed by atoms with Crippen LogP contribution in [0.2, 0.25) is 0 Å². The van der Waals surface area contributed by atoms with Crippen LogP contribution in [0.25, 0.3) is 5.65 Å². The molecular weight excluding hydrogens is 228 g/mol. The molecule has 0 amide bonds. The summed E-state index contributed by atoms with van der Waals surface area (Å²) < 4.78 is 3.29. The molecule has 2 nitrogen and oxygen atoms in total. The molecular formula is C10H11BrN2. The molecule has 13 heavy (non-hydrogen) atoms. The zero-order valence-electron chi connectivity index (χ0n) is 7.93. The summed E-state index contributed by atoms with van der Waals surface area (Å²) >= 11 is 3.51. The zero-order chi connectivity index (χ0) is 9.59. The molecule has 0 unspecified atom stereocenters. The maximum atomic E-state index is 4.46. The standard InChI is InChI=1S/C10H11BrN2/c1-6-7(2)13-8(3)9(11)4-5-10(13)12-6/h4-5H,1-3H3. The minimum Gasteiger partial charge on any atom is -0.300 e. The second-order valence-corrected chi connectivity index (χ2v) is 4.10. The molecule has 0 aliphatic heterocycles. The number of aromatic nitrogens is 2. The van der Waals surface area contributed by atoms with Crippen LogP contribution in [0.1, 0.15) is 17.1 Å². The van der Waals surface area contributed by atoms with Gasteiger partial charge >= 0.3 is 0 Å². The van der Waals surface area contributed by atoms with Gasteiger partial charge in [-0.05, 0) is 48.8 Å². The predicted octanol–water partition coefficient (Wildman–Crippen LogP) is 3.02. The third kappa shape index (κ3) is 1.18. The molecule has 0 saturated carbocycles. The van der Waals surface area contributed by atoms with Crippen molar-refractivity contribution in [3.05, 3.63) is 33.7 Å². The molecule has 0 bridgehead atoms. The summed E-state index contributed by atoms with van der Waals surface area (Å²) in [5, 5.41) is 0. The fraction of sp³-hybridized carbons (Fsp3) is 0.300. The Morgan fingerprint density at radius 3 is 2.54 bits per heavy atom. The summed E-state index contributed by atoms with van der Waals surface area (Å²) in [5.41, 5.74) is 4.54. The quantitative estimate of drug-likeness (QED) is 0.690. The molecule has 0 aromatic carbocycles. The monoisotopic (exact) mass is 238 g/mol. The number of halogens is 1. The van der Waals surface area contributed by atoms with Crippen LogP contribution in [0, 0.1) is 20.8 Å². The number of nitrogens with zero attached hydrogens (tertiary/aromatic N) is 2. The number of hydrogen-bond acceptors (Lipinski definition) is 1.